The van der Waals surface area contributed by atoms with Crippen LogP contribution >= 0.6 is 0 Å². The Morgan fingerprint density at radius 2 is 1.96 bits per heavy atom. The van der Waals surface area contributed by atoms with Crippen molar-refractivity contribution in [2.75, 3.05) is 13.7 Å². The molecule has 0 aliphatic rings. The van der Waals surface area contributed by atoms with Gasteiger partial charge in [0, 0.05) is 5.56 Å². The largest absolute Gasteiger partial charge is 0.493 e. The molecule has 1 heterocycles. The minimum absolute atomic E-state index is 0.199. The van der Waals surface area contributed by atoms with E-state index in [1.807, 2.05) is 0 Å². The van der Waals surface area contributed by atoms with Crippen LogP contribution in [-0.2, 0) is 0 Å². The Morgan fingerprint density at radius 1 is 1.17 bits per heavy atom. The van der Waals surface area contributed by atoms with Gasteiger partial charge < -0.3 is 14.5 Å². The first-order chi connectivity index (χ1) is 11.6. The molecule has 3 aromatic rings. The Hall–Kier alpha value is -2.96. The van der Waals surface area contributed by atoms with Gasteiger partial charge in [-0.15, -0.1) is 0 Å². The number of H-pyrrole nitrogens is 1. The minimum Gasteiger partial charge on any atom is -0.493 e. The fraction of sp³-hybridized carbons (Fsp3) is 0.176. The lowest BCUT2D eigenvalue weighted by atomic mass is 10.1. The first kappa shape index (κ1) is 15.9. The average Bonchev–Trinajstić information content (AvgIpc) is 2.59. The molecule has 0 unspecified atom stereocenters. The normalized spacial score (nSPS) is 11.0. The van der Waals surface area contributed by atoms with E-state index in [9.17, 15) is 13.6 Å². The van der Waals surface area contributed by atoms with Crippen molar-refractivity contribution >= 4 is 10.9 Å². The highest BCUT2D eigenvalue weighted by molar-refractivity contribution is 5.79. The van der Waals surface area contributed by atoms with E-state index in [0.29, 0.717) is 22.3 Å². The third-order valence-electron chi connectivity index (χ3n) is 3.41. The summed E-state index contributed by atoms with van der Waals surface area (Å²) >= 11 is 0. The number of rotatable bonds is 5. The van der Waals surface area contributed by atoms with Crippen molar-refractivity contribution in [2.24, 2.45) is 0 Å². The van der Waals surface area contributed by atoms with Gasteiger partial charge in [-0.3, -0.25) is 4.79 Å². The van der Waals surface area contributed by atoms with Crippen LogP contribution in [0.5, 0.6) is 11.5 Å². The maximum Gasteiger partial charge on any atom is 0.272 e. The number of para-hydroxylation sites is 1. The molecular formula is C17H14F2N2O3. The number of halogens is 2. The van der Waals surface area contributed by atoms with Crippen LogP contribution < -0.4 is 15.0 Å². The lowest BCUT2D eigenvalue weighted by molar-refractivity contribution is 0.0804. The summed E-state index contributed by atoms with van der Waals surface area (Å²) in [5.74, 6) is 0.839. The topological polar surface area (TPSA) is 64.2 Å². The Balaban J connectivity index is 2.02. The van der Waals surface area contributed by atoms with Crippen molar-refractivity contribution in [3.05, 3.63) is 52.8 Å². The summed E-state index contributed by atoms with van der Waals surface area (Å²) in [5.41, 5.74) is 0.889. The highest BCUT2D eigenvalue weighted by atomic mass is 19.3. The average molecular weight is 332 g/mol. The number of nitrogens with one attached hydrogen (secondary N) is 1. The van der Waals surface area contributed by atoms with Gasteiger partial charge in [-0.1, -0.05) is 12.1 Å². The Bertz CT molecular complexity index is 925. The molecule has 0 aliphatic carbocycles. The summed E-state index contributed by atoms with van der Waals surface area (Å²) in [6.07, 6.45) is -2.58. The standard InChI is InChI=1S/C17H14F2N2O3/c1-23-14-8-10(6-7-13(14)24-9-15(18)19)16-20-12-5-3-2-4-11(12)17(22)21-16/h2-8,15H,9H2,1H3,(H,20,21,22). The molecule has 7 heteroatoms. The van der Waals surface area contributed by atoms with E-state index in [1.54, 1.807) is 36.4 Å². The molecule has 0 saturated carbocycles. The third-order valence-corrected chi connectivity index (χ3v) is 3.41. The first-order valence-corrected chi connectivity index (χ1v) is 7.17. The lowest BCUT2D eigenvalue weighted by Crippen LogP contribution is -2.10. The zero-order chi connectivity index (χ0) is 17.1. The van der Waals surface area contributed by atoms with Crippen molar-refractivity contribution in [1.29, 1.82) is 0 Å². The van der Waals surface area contributed by atoms with Crippen molar-refractivity contribution in [3.63, 3.8) is 0 Å². The van der Waals surface area contributed by atoms with Crippen molar-refractivity contribution in [2.45, 2.75) is 6.43 Å². The quantitative estimate of drug-likeness (QED) is 0.779. The summed E-state index contributed by atoms with van der Waals surface area (Å²) < 4.78 is 34.7. The lowest BCUT2D eigenvalue weighted by Gasteiger charge is -2.12. The fourth-order valence-electron chi connectivity index (χ4n) is 2.31. The molecule has 0 bridgehead atoms. The maximum absolute atomic E-state index is 12.3. The molecule has 124 valence electrons. The van der Waals surface area contributed by atoms with Gasteiger partial charge in [-0.25, -0.2) is 13.8 Å². The molecule has 0 aliphatic heterocycles. The van der Waals surface area contributed by atoms with Crippen LogP contribution in [0.3, 0.4) is 0 Å². The van der Waals surface area contributed by atoms with Crippen LogP contribution in [-0.4, -0.2) is 30.1 Å². The molecule has 0 fully saturated rings. The van der Waals surface area contributed by atoms with Gasteiger partial charge in [-0.2, -0.15) is 0 Å². The second-order valence-electron chi connectivity index (χ2n) is 5.00. The Morgan fingerprint density at radius 3 is 2.71 bits per heavy atom. The molecule has 2 aromatic carbocycles. The van der Waals surface area contributed by atoms with Crippen molar-refractivity contribution in [1.82, 2.24) is 9.97 Å². The van der Waals surface area contributed by atoms with Crippen molar-refractivity contribution in [3.8, 4) is 22.9 Å². The molecular weight excluding hydrogens is 318 g/mol. The van der Waals surface area contributed by atoms with E-state index < -0.39 is 13.0 Å². The molecule has 0 spiro atoms. The molecule has 1 N–H and O–H groups in total. The Labute approximate surface area is 135 Å². The Kier molecular flexibility index (Phi) is 4.41. The van der Waals surface area contributed by atoms with Gasteiger partial charge in [0.25, 0.3) is 12.0 Å². The second-order valence-corrected chi connectivity index (χ2v) is 5.00. The number of fused-ring (bicyclic) bond motifs is 1. The fourth-order valence-corrected chi connectivity index (χ4v) is 2.31. The van der Waals surface area contributed by atoms with E-state index in [2.05, 4.69) is 9.97 Å². The molecule has 0 saturated heterocycles. The molecule has 0 radical (unpaired) electrons. The summed E-state index contributed by atoms with van der Waals surface area (Å²) in [4.78, 5) is 19.3. The molecule has 24 heavy (non-hydrogen) atoms. The highest BCUT2D eigenvalue weighted by Gasteiger charge is 2.12. The highest BCUT2D eigenvalue weighted by Crippen LogP contribution is 2.31. The number of hydrogen-bond acceptors (Lipinski definition) is 4. The molecule has 3 rings (SSSR count). The van der Waals surface area contributed by atoms with Gasteiger partial charge in [0.1, 0.15) is 12.4 Å². The van der Waals surface area contributed by atoms with Crippen LogP contribution in [0.15, 0.2) is 47.3 Å². The predicted octanol–water partition coefficient (Wildman–Crippen LogP) is 3.24. The minimum atomic E-state index is -2.58. The number of benzene rings is 2. The van der Waals surface area contributed by atoms with Crippen LogP contribution in [0, 0.1) is 0 Å². The van der Waals surface area contributed by atoms with Crippen molar-refractivity contribution < 1.29 is 18.3 Å². The van der Waals surface area contributed by atoms with E-state index in [-0.39, 0.29) is 17.1 Å². The van der Waals surface area contributed by atoms with E-state index in [4.69, 9.17) is 9.47 Å². The van der Waals surface area contributed by atoms with Crippen LogP contribution in [0.1, 0.15) is 0 Å². The number of aromatic amines is 1. The van der Waals surface area contributed by atoms with Gasteiger partial charge in [0.15, 0.2) is 11.5 Å². The molecule has 1 aromatic heterocycles. The predicted molar refractivity (Wildman–Crippen MR) is 85.9 cm³/mol. The van der Waals surface area contributed by atoms with E-state index in [0.717, 1.165) is 0 Å². The van der Waals surface area contributed by atoms with Crippen LogP contribution in [0.4, 0.5) is 8.78 Å². The van der Waals surface area contributed by atoms with Gasteiger partial charge in [0.2, 0.25) is 0 Å². The summed E-state index contributed by atoms with van der Waals surface area (Å²) in [6.45, 7) is -0.721. The number of hydrogen-bond donors (Lipinski definition) is 1. The van der Waals surface area contributed by atoms with E-state index >= 15 is 0 Å². The number of ether oxygens (including phenoxy) is 2. The maximum atomic E-state index is 12.3. The molecule has 5 nitrogen and oxygen atoms in total. The smallest absolute Gasteiger partial charge is 0.272 e. The van der Waals surface area contributed by atoms with Crippen LogP contribution in [0.25, 0.3) is 22.3 Å². The second kappa shape index (κ2) is 6.66. The zero-order valence-corrected chi connectivity index (χ0v) is 12.8. The first-order valence-electron chi connectivity index (χ1n) is 7.17. The van der Waals surface area contributed by atoms with Gasteiger partial charge in [0.05, 0.1) is 18.0 Å². The van der Waals surface area contributed by atoms with Crippen LogP contribution in [0.2, 0.25) is 0 Å². The number of nitrogens with zero attached hydrogens (tertiary/aromatic N) is 1. The molecule has 0 amide bonds. The number of alkyl halides is 2. The summed E-state index contributed by atoms with van der Waals surface area (Å²) in [5, 5.41) is 0.491. The summed E-state index contributed by atoms with van der Waals surface area (Å²) in [6, 6.07) is 11.7. The zero-order valence-electron chi connectivity index (χ0n) is 12.8. The SMILES string of the molecule is COc1cc(-c2nc3ccccc3c(=O)[nH]2)ccc1OCC(F)F. The van der Waals surface area contributed by atoms with Gasteiger partial charge in [-0.05, 0) is 30.3 Å². The number of methoxy groups -OCH3 is 1. The third kappa shape index (κ3) is 3.19. The summed E-state index contributed by atoms with van der Waals surface area (Å²) in [7, 11) is 1.41. The van der Waals surface area contributed by atoms with Gasteiger partial charge >= 0.3 is 0 Å². The van der Waals surface area contributed by atoms with E-state index in [1.165, 1.54) is 13.2 Å². The monoisotopic (exact) mass is 332 g/mol. The number of aromatic nitrogens is 2. The molecule has 0 atom stereocenters.